The molecule has 1 atom stereocenters. The van der Waals surface area contributed by atoms with Crippen LogP contribution in [-0.2, 0) is 9.84 Å². The van der Waals surface area contributed by atoms with Gasteiger partial charge in [0.05, 0.1) is 21.5 Å². The summed E-state index contributed by atoms with van der Waals surface area (Å²) in [5.41, 5.74) is 2.16. The van der Waals surface area contributed by atoms with E-state index in [4.69, 9.17) is 0 Å². The van der Waals surface area contributed by atoms with Crippen molar-refractivity contribution >= 4 is 37.2 Å². The quantitative estimate of drug-likeness (QED) is 0.539. The second-order valence-electron chi connectivity index (χ2n) is 6.75. The number of thiazole rings is 1. The van der Waals surface area contributed by atoms with Crippen LogP contribution in [0.3, 0.4) is 0 Å². The molecule has 0 saturated carbocycles. The van der Waals surface area contributed by atoms with Crippen molar-refractivity contribution in [3.05, 3.63) is 30.0 Å². The lowest BCUT2D eigenvalue weighted by atomic mass is 10.0. The molecule has 9 heteroatoms. The van der Waals surface area contributed by atoms with Crippen molar-refractivity contribution in [2.45, 2.75) is 31.8 Å². The molecular weight excluding hydrogens is 396 g/mol. The molecule has 2 aromatic heterocycles. The third-order valence-corrected chi connectivity index (χ3v) is 6.49. The standard InChI is InChI=1S/C19H24N4O3S2/c1-4-13(11-24)9-10-20-17-16(12(2)21-19(23-17)28(3,25)26)18-22-14-7-5-6-8-15(14)27-18/h5-8,13,24H,4,9-11H2,1-3H3,(H,20,21,23). The van der Waals surface area contributed by atoms with Crippen molar-refractivity contribution in [2.24, 2.45) is 5.92 Å². The molecule has 0 saturated heterocycles. The van der Waals surface area contributed by atoms with Crippen molar-refractivity contribution in [2.75, 3.05) is 24.7 Å². The largest absolute Gasteiger partial charge is 0.396 e. The Morgan fingerprint density at radius 3 is 2.61 bits per heavy atom. The van der Waals surface area contributed by atoms with E-state index >= 15 is 0 Å². The maximum absolute atomic E-state index is 12.0. The van der Waals surface area contributed by atoms with Gasteiger partial charge in [0, 0.05) is 19.4 Å². The number of hydrogen-bond donors (Lipinski definition) is 2. The van der Waals surface area contributed by atoms with Gasteiger partial charge in [0.1, 0.15) is 10.8 Å². The number of nitrogens with zero attached hydrogens (tertiary/aromatic N) is 3. The zero-order valence-corrected chi connectivity index (χ0v) is 17.8. The molecule has 0 radical (unpaired) electrons. The molecule has 0 aliphatic heterocycles. The van der Waals surface area contributed by atoms with Crippen molar-refractivity contribution < 1.29 is 13.5 Å². The van der Waals surface area contributed by atoms with Crippen LogP contribution in [-0.4, -0.2) is 47.9 Å². The molecule has 1 aromatic carbocycles. The van der Waals surface area contributed by atoms with Crippen LogP contribution in [0.25, 0.3) is 20.8 Å². The second kappa shape index (κ2) is 8.50. The topological polar surface area (TPSA) is 105 Å². The van der Waals surface area contributed by atoms with Gasteiger partial charge in [-0.25, -0.2) is 23.4 Å². The number of anilines is 1. The summed E-state index contributed by atoms with van der Waals surface area (Å²) in [6.07, 6.45) is 2.73. The smallest absolute Gasteiger partial charge is 0.249 e. The number of aliphatic hydroxyl groups is 1. The molecule has 0 bridgehead atoms. The third kappa shape index (κ3) is 4.48. The molecule has 2 heterocycles. The molecule has 0 aliphatic carbocycles. The Morgan fingerprint density at radius 1 is 1.21 bits per heavy atom. The van der Waals surface area contributed by atoms with E-state index in [0.29, 0.717) is 23.6 Å². The lowest BCUT2D eigenvalue weighted by Gasteiger charge is -2.15. The first-order valence-corrected chi connectivity index (χ1v) is 11.8. The summed E-state index contributed by atoms with van der Waals surface area (Å²) in [7, 11) is -3.54. The van der Waals surface area contributed by atoms with Crippen LogP contribution in [0.1, 0.15) is 25.5 Å². The predicted octanol–water partition coefficient (Wildman–Crippen LogP) is 3.29. The van der Waals surface area contributed by atoms with Gasteiger partial charge in [-0.15, -0.1) is 11.3 Å². The first-order valence-electron chi connectivity index (χ1n) is 9.12. The van der Waals surface area contributed by atoms with Gasteiger partial charge < -0.3 is 10.4 Å². The van der Waals surface area contributed by atoms with Crippen LogP contribution in [0.15, 0.2) is 29.4 Å². The van der Waals surface area contributed by atoms with Gasteiger partial charge in [0.25, 0.3) is 0 Å². The summed E-state index contributed by atoms with van der Waals surface area (Å²) in [4.78, 5) is 13.2. The van der Waals surface area contributed by atoms with Gasteiger partial charge in [-0.1, -0.05) is 25.5 Å². The molecule has 150 valence electrons. The fraction of sp³-hybridized carbons (Fsp3) is 0.421. The average molecular weight is 421 g/mol. The molecule has 2 N–H and O–H groups in total. The highest BCUT2D eigenvalue weighted by Gasteiger charge is 2.21. The fourth-order valence-electron chi connectivity index (χ4n) is 2.90. The molecule has 3 aromatic rings. The number of aromatic nitrogens is 3. The highest BCUT2D eigenvalue weighted by molar-refractivity contribution is 7.90. The molecule has 0 fully saturated rings. The van der Waals surface area contributed by atoms with Crippen LogP contribution >= 0.6 is 11.3 Å². The van der Waals surface area contributed by atoms with Crippen molar-refractivity contribution in [1.82, 2.24) is 15.0 Å². The first kappa shape index (κ1) is 20.6. The Balaban J connectivity index is 2.04. The SMILES string of the molecule is CCC(CO)CCNc1nc(S(C)(=O)=O)nc(C)c1-c1nc2ccccc2s1. The van der Waals surface area contributed by atoms with Crippen LogP contribution in [0.4, 0.5) is 5.82 Å². The molecule has 0 amide bonds. The lowest BCUT2D eigenvalue weighted by molar-refractivity contribution is 0.217. The molecule has 0 aliphatic rings. The fourth-order valence-corrected chi connectivity index (χ4v) is 4.52. The molecule has 3 rings (SSSR count). The number of nitrogens with one attached hydrogen (secondary N) is 1. The van der Waals surface area contributed by atoms with E-state index in [0.717, 1.165) is 34.3 Å². The van der Waals surface area contributed by atoms with E-state index in [9.17, 15) is 13.5 Å². The number of sulfone groups is 1. The monoisotopic (exact) mass is 420 g/mol. The van der Waals surface area contributed by atoms with Crippen LogP contribution in [0.5, 0.6) is 0 Å². The highest BCUT2D eigenvalue weighted by atomic mass is 32.2. The summed E-state index contributed by atoms with van der Waals surface area (Å²) in [5, 5.41) is 13.2. The van der Waals surface area contributed by atoms with Crippen molar-refractivity contribution in [3.8, 4) is 10.6 Å². The first-order chi connectivity index (χ1) is 13.3. The van der Waals surface area contributed by atoms with Gasteiger partial charge in [0.2, 0.25) is 15.0 Å². The number of benzene rings is 1. The molecule has 28 heavy (non-hydrogen) atoms. The van der Waals surface area contributed by atoms with Crippen LogP contribution in [0.2, 0.25) is 0 Å². The van der Waals surface area contributed by atoms with E-state index in [2.05, 4.69) is 20.3 Å². The summed E-state index contributed by atoms with van der Waals surface area (Å²) in [6, 6.07) is 7.83. The Kier molecular flexibility index (Phi) is 6.26. The van der Waals surface area contributed by atoms with Crippen LogP contribution < -0.4 is 5.32 Å². The summed E-state index contributed by atoms with van der Waals surface area (Å²) in [5.74, 6) is 0.649. The second-order valence-corrected chi connectivity index (χ2v) is 9.69. The Morgan fingerprint density at radius 2 is 1.96 bits per heavy atom. The number of hydrogen-bond acceptors (Lipinski definition) is 8. The van der Waals surface area contributed by atoms with Gasteiger partial charge in [-0.05, 0) is 31.4 Å². The third-order valence-electron chi connectivity index (χ3n) is 4.59. The van der Waals surface area contributed by atoms with E-state index in [-0.39, 0.29) is 17.7 Å². The number of aryl methyl sites for hydroxylation is 1. The average Bonchev–Trinajstić information content (AvgIpc) is 3.07. The Hall–Kier alpha value is -2.10. The van der Waals surface area contributed by atoms with Crippen LogP contribution in [0, 0.1) is 12.8 Å². The number of fused-ring (bicyclic) bond motifs is 1. The number of para-hydroxylation sites is 1. The molecular formula is C19H24N4O3S2. The zero-order chi connectivity index (χ0) is 20.3. The zero-order valence-electron chi connectivity index (χ0n) is 16.1. The summed E-state index contributed by atoms with van der Waals surface area (Å²) < 4.78 is 25.0. The minimum Gasteiger partial charge on any atom is -0.396 e. The Bertz CT molecular complexity index is 1040. The lowest BCUT2D eigenvalue weighted by Crippen LogP contribution is -2.15. The normalized spacial score (nSPS) is 13.0. The van der Waals surface area contributed by atoms with E-state index in [1.54, 1.807) is 6.92 Å². The highest BCUT2D eigenvalue weighted by Crippen LogP contribution is 2.35. The van der Waals surface area contributed by atoms with E-state index < -0.39 is 9.84 Å². The van der Waals surface area contributed by atoms with E-state index in [1.165, 1.54) is 11.3 Å². The minimum absolute atomic E-state index is 0.125. The number of aliphatic hydroxyl groups excluding tert-OH is 1. The predicted molar refractivity (Wildman–Crippen MR) is 112 cm³/mol. The van der Waals surface area contributed by atoms with Gasteiger partial charge >= 0.3 is 0 Å². The summed E-state index contributed by atoms with van der Waals surface area (Å²) >= 11 is 1.52. The van der Waals surface area contributed by atoms with E-state index in [1.807, 2.05) is 31.2 Å². The molecule has 1 unspecified atom stereocenters. The minimum atomic E-state index is -3.54. The molecule has 0 spiro atoms. The Labute approximate surface area is 168 Å². The van der Waals surface area contributed by atoms with Crippen molar-refractivity contribution in [3.63, 3.8) is 0 Å². The van der Waals surface area contributed by atoms with Gasteiger partial charge in [-0.2, -0.15) is 0 Å². The maximum Gasteiger partial charge on any atom is 0.249 e. The maximum atomic E-state index is 12.0. The van der Waals surface area contributed by atoms with Crippen molar-refractivity contribution in [1.29, 1.82) is 0 Å². The van der Waals surface area contributed by atoms with Gasteiger partial charge in [-0.3, -0.25) is 0 Å². The molecule has 7 nitrogen and oxygen atoms in total. The van der Waals surface area contributed by atoms with Gasteiger partial charge in [0.15, 0.2) is 0 Å². The summed E-state index contributed by atoms with van der Waals surface area (Å²) in [6.45, 7) is 4.49. The number of rotatable bonds is 8.